The third-order valence-electron chi connectivity index (χ3n) is 7.96. The Bertz CT molecular complexity index is 1730. The molecule has 3 aromatic heterocycles. The zero-order chi connectivity index (χ0) is 30.8. The number of carbonyl (C=O) groups excluding carboxylic acids is 2. The van der Waals surface area contributed by atoms with Crippen LogP contribution in [-0.2, 0) is 17.9 Å². The monoisotopic (exact) mass is 611 g/mol. The highest BCUT2D eigenvalue weighted by molar-refractivity contribution is 7.17. The predicted molar refractivity (Wildman–Crippen MR) is 170 cm³/mol. The summed E-state index contributed by atoms with van der Waals surface area (Å²) in [7, 11) is 0. The molecule has 1 aromatic carbocycles. The van der Waals surface area contributed by atoms with Crippen LogP contribution in [-0.4, -0.2) is 50.4 Å². The number of carbonyl (C=O) groups is 2. The second kappa shape index (κ2) is 12.4. The summed E-state index contributed by atoms with van der Waals surface area (Å²) < 4.78 is 7.39. The molecule has 10 nitrogen and oxygen atoms in total. The molecule has 2 aliphatic rings. The SMILES string of the molecule is CC(C)(C)/C=C(\C#N)C(=O)N1CCC[C@@H]1Cn1c(NC(=O)c2ccc(-c3cnco3)s2)nc2cc(CNCC3CC3)ccc21. The second-order valence-corrected chi connectivity index (χ2v) is 13.8. The van der Waals surface area contributed by atoms with Crippen LogP contribution >= 0.6 is 11.3 Å². The lowest BCUT2D eigenvalue weighted by Crippen LogP contribution is -2.39. The van der Waals surface area contributed by atoms with E-state index in [1.807, 2.05) is 37.5 Å². The normalized spacial score (nSPS) is 17.3. The first kappa shape index (κ1) is 29.8. The summed E-state index contributed by atoms with van der Waals surface area (Å²) >= 11 is 1.32. The standard InChI is InChI=1S/C33H37N7O3S/c1-33(2,3)14-23(15-34)31(42)39-12-4-5-24(39)19-40-26-9-8-22(17-35-16-21-6-7-21)13-25(26)37-32(40)38-30(41)29-11-10-28(44-29)27-18-36-20-43-27/h8-11,13-14,18,20-21,24,35H,4-7,12,16-17,19H2,1-3H3,(H,37,38,41)/b23-14+/t24-/m1/s1. The van der Waals surface area contributed by atoms with Crippen LogP contribution in [0, 0.1) is 22.7 Å². The fraction of sp³-hybridized carbons (Fsp3) is 0.424. The number of anilines is 1. The van der Waals surface area contributed by atoms with Crippen molar-refractivity contribution in [1.29, 1.82) is 5.26 Å². The minimum Gasteiger partial charge on any atom is -0.443 e. The Morgan fingerprint density at radius 3 is 2.77 bits per heavy atom. The van der Waals surface area contributed by atoms with Crippen molar-refractivity contribution in [3.05, 3.63) is 65.0 Å². The minimum atomic E-state index is -0.297. The molecule has 2 fully saturated rings. The number of hydrogen-bond acceptors (Lipinski definition) is 8. The fourth-order valence-corrected chi connectivity index (χ4v) is 6.49. The van der Waals surface area contributed by atoms with E-state index in [0.29, 0.717) is 29.7 Å². The smallest absolute Gasteiger partial charge is 0.268 e. The van der Waals surface area contributed by atoms with Crippen molar-refractivity contribution >= 4 is 40.1 Å². The number of oxazole rings is 1. The molecule has 2 amide bonds. The van der Waals surface area contributed by atoms with Gasteiger partial charge in [-0.1, -0.05) is 32.9 Å². The van der Waals surface area contributed by atoms with Crippen LogP contribution in [0.15, 0.2) is 59.0 Å². The number of aromatic nitrogens is 3. The molecule has 0 bridgehead atoms. The molecule has 1 saturated carbocycles. The van der Waals surface area contributed by atoms with Gasteiger partial charge in [-0.15, -0.1) is 11.3 Å². The lowest BCUT2D eigenvalue weighted by Gasteiger charge is -2.26. The molecule has 4 aromatic rings. The van der Waals surface area contributed by atoms with E-state index in [-0.39, 0.29) is 28.8 Å². The number of fused-ring (bicyclic) bond motifs is 1. The zero-order valence-corrected chi connectivity index (χ0v) is 26.1. The molecule has 1 atom stereocenters. The molecule has 44 heavy (non-hydrogen) atoms. The van der Waals surface area contributed by atoms with E-state index < -0.39 is 0 Å². The summed E-state index contributed by atoms with van der Waals surface area (Å²) in [5.41, 5.74) is 2.65. The van der Waals surface area contributed by atoms with Gasteiger partial charge in [0.1, 0.15) is 11.6 Å². The minimum absolute atomic E-state index is 0.146. The number of nitrogens with one attached hydrogen (secondary N) is 2. The molecule has 0 unspecified atom stereocenters. The summed E-state index contributed by atoms with van der Waals surface area (Å²) in [6, 6.07) is 11.8. The number of allylic oxidation sites excluding steroid dienone is 1. The number of rotatable bonds is 10. The van der Waals surface area contributed by atoms with Gasteiger partial charge in [0.2, 0.25) is 5.95 Å². The second-order valence-electron chi connectivity index (χ2n) is 12.8. The van der Waals surface area contributed by atoms with E-state index in [0.717, 1.165) is 53.3 Å². The number of benzene rings is 1. The molecule has 1 aliphatic carbocycles. The Kier molecular flexibility index (Phi) is 8.38. The van der Waals surface area contributed by atoms with Gasteiger partial charge in [0, 0.05) is 19.6 Å². The average molecular weight is 612 g/mol. The van der Waals surface area contributed by atoms with Crippen molar-refractivity contribution in [1.82, 2.24) is 24.8 Å². The summed E-state index contributed by atoms with van der Waals surface area (Å²) in [5.74, 6) is 1.30. The number of nitrogens with zero attached hydrogens (tertiary/aromatic N) is 5. The number of thiophene rings is 1. The first-order chi connectivity index (χ1) is 21.2. The first-order valence-electron chi connectivity index (χ1n) is 15.1. The van der Waals surface area contributed by atoms with Crippen LogP contribution in [0.2, 0.25) is 0 Å². The molecular weight excluding hydrogens is 574 g/mol. The molecule has 228 valence electrons. The van der Waals surface area contributed by atoms with Crippen LogP contribution in [0.3, 0.4) is 0 Å². The summed E-state index contributed by atoms with van der Waals surface area (Å²) in [4.78, 5) is 38.9. The van der Waals surface area contributed by atoms with Gasteiger partial charge in [-0.2, -0.15) is 5.26 Å². The van der Waals surface area contributed by atoms with Crippen molar-refractivity contribution in [3.8, 4) is 16.7 Å². The van der Waals surface area contributed by atoms with E-state index in [1.165, 1.54) is 30.6 Å². The van der Waals surface area contributed by atoms with Crippen molar-refractivity contribution in [2.24, 2.45) is 11.3 Å². The van der Waals surface area contributed by atoms with Gasteiger partial charge in [-0.05, 0) is 73.4 Å². The Morgan fingerprint density at radius 1 is 1.20 bits per heavy atom. The number of imidazole rings is 1. The number of likely N-dealkylation sites (tertiary alicyclic amines) is 1. The average Bonchev–Trinajstić information content (AvgIpc) is 3.44. The van der Waals surface area contributed by atoms with Gasteiger partial charge in [-0.25, -0.2) is 9.97 Å². The topological polar surface area (TPSA) is 129 Å². The molecule has 6 rings (SSSR count). The Hall–Kier alpha value is -4.27. The molecule has 2 N–H and O–H groups in total. The van der Waals surface area contributed by atoms with E-state index in [2.05, 4.69) is 33.8 Å². The third-order valence-corrected chi connectivity index (χ3v) is 9.06. The maximum absolute atomic E-state index is 13.5. The lowest BCUT2D eigenvalue weighted by molar-refractivity contribution is -0.127. The van der Waals surface area contributed by atoms with Crippen LogP contribution in [0.4, 0.5) is 5.95 Å². The summed E-state index contributed by atoms with van der Waals surface area (Å²) in [6.45, 7) is 8.72. The highest BCUT2D eigenvalue weighted by Crippen LogP contribution is 2.31. The van der Waals surface area contributed by atoms with Gasteiger partial charge in [-0.3, -0.25) is 14.9 Å². The Morgan fingerprint density at radius 2 is 2.05 bits per heavy atom. The van der Waals surface area contributed by atoms with Crippen molar-refractivity contribution < 1.29 is 14.0 Å². The Balaban J connectivity index is 1.28. The van der Waals surface area contributed by atoms with E-state index >= 15 is 0 Å². The van der Waals surface area contributed by atoms with Crippen molar-refractivity contribution in [2.45, 2.75) is 65.6 Å². The van der Waals surface area contributed by atoms with Gasteiger partial charge in [0.05, 0.1) is 33.0 Å². The highest BCUT2D eigenvalue weighted by Gasteiger charge is 2.33. The highest BCUT2D eigenvalue weighted by atomic mass is 32.1. The quantitative estimate of drug-likeness (QED) is 0.166. The van der Waals surface area contributed by atoms with E-state index in [9.17, 15) is 14.9 Å². The van der Waals surface area contributed by atoms with E-state index in [4.69, 9.17) is 9.40 Å². The molecule has 11 heteroatoms. The third kappa shape index (κ3) is 6.77. The predicted octanol–water partition coefficient (Wildman–Crippen LogP) is 5.99. The molecule has 0 radical (unpaired) electrons. The van der Waals surface area contributed by atoms with Crippen LogP contribution in [0.25, 0.3) is 21.7 Å². The first-order valence-corrected chi connectivity index (χ1v) is 15.9. The largest absolute Gasteiger partial charge is 0.443 e. The lowest BCUT2D eigenvalue weighted by atomic mass is 9.93. The van der Waals surface area contributed by atoms with Crippen LogP contribution < -0.4 is 10.6 Å². The van der Waals surface area contributed by atoms with Crippen LogP contribution in [0.5, 0.6) is 0 Å². The van der Waals surface area contributed by atoms with Gasteiger partial charge < -0.3 is 19.2 Å². The Labute approximate surface area is 260 Å². The maximum Gasteiger partial charge on any atom is 0.268 e. The molecular formula is C33H37N7O3S. The molecule has 1 saturated heterocycles. The van der Waals surface area contributed by atoms with Gasteiger partial charge in [0.25, 0.3) is 11.8 Å². The zero-order valence-electron chi connectivity index (χ0n) is 25.3. The molecule has 1 aliphatic heterocycles. The van der Waals surface area contributed by atoms with E-state index in [1.54, 1.807) is 23.2 Å². The van der Waals surface area contributed by atoms with Crippen molar-refractivity contribution in [3.63, 3.8) is 0 Å². The summed E-state index contributed by atoms with van der Waals surface area (Å²) in [5, 5.41) is 16.4. The van der Waals surface area contributed by atoms with Crippen molar-refractivity contribution in [2.75, 3.05) is 18.4 Å². The maximum atomic E-state index is 13.5. The molecule has 4 heterocycles. The van der Waals surface area contributed by atoms with Crippen LogP contribution in [0.1, 0.15) is 61.7 Å². The number of nitriles is 1. The van der Waals surface area contributed by atoms with Gasteiger partial charge >= 0.3 is 0 Å². The number of hydrogen-bond donors (Lipinski definition) is 2. The number of amides is 2. The summed E-state index contributed by atoms with van der Waals surface area (Å²) in [6.07, 6.45) is 8.96. The van der Waals surface area contributed by atoms with Gasteiger partial charge in [0.15, 0.2) is 12.2 Å². The molecule has 0 spiro atoms. The fourth-order valence-electron chi connectivity index (χ4n) is 5.63.